The number of nitrogens with zero attached hydrogens (tertiary/aromatic N) is 1. The number of aliphatic hydroxyl groups is 1. The Hall–Kier alpha value is -2.98. The van der Waals surface area contributed by atoms with Gasteiger partial charge in [0.05, 0.1) is 19.0 Å². The molecular formula is C24H25N3O3. The number of carbonyl (C=O) groups excluding carboxylic acids is 1. The molecule has 0 radical (unpaired) electrons. The summed E-state index contributed by atoms with van der Waals surface area (Å²) in [5.74, 6) is 6.15. The zero-order chi connectivity index (χ0) is 20.8. The molecule has 0 aliphatic carbocycles. The van der Waals surface area contributed by atoms with Gasteiger partial charge >= 0.3 is 0 Å². The number of hydrogen-bond donors (Lipinski definition) is 3. The van der Waals surface area contributed by atoms with Crippen LogP contribution >= 0.6 is 0 Å². The van der Waals surface area contributed by atoms with Gasteiger partial charge in [0.15, 0.2) is 0 Å². The van der Waals surface area contributed by atoms with Gasteiger partial charge in [-0.05, 0) is 41.8 Å². The minimum absolute atomic E-state index is 0.175. The molecule has 6 heteroatoms. The lowest BCUT2D eigenvalue weighted by atomic mass is 10.0. The van der Waals surface area contributed by atoms with E-state index in [9.17, 15) is 9.90 Å². The molecule has 1 saturated heterocycles. The molecule has 3 N–H and O–H groups in total. The molecule has 6 nitrogen and oxygen atoms in total. The molecule has 2 aromatic carbocycles. The number of amides is 1. The number of ether oxygens (including phenoxy) is 1. The van der Waals surface area contributed by atoms with Crippen molar-refractivity contribution in [3.63, 3.8) is 0 Å². The van der Waals surface area contributed by atoms with Crippen LogP contribution in [0.5, 0.6) is 0 Å². The third-order valence-corrected chi connectivity index (χ3v) is 5.34. The number of carbonyl (C=O) groups is 1. The molecule has 0 spiro atoms. The number of benzene rings is 2. The molecule has 0 bridgehead atoms. The predicted octanol–water partition coefficient (Wildman–Crippen LogP) is 1.92. The Morgan fingerprint density at radius 2 is 1.83 bits per heavy atom. The van der Waals surface area contributed by atoms with Gasteiger partial charge in [0.25, 0.3) is 0 Å². The summed E-state index contributed by atoms with van der Waals surface area (Å²) >= 11 is 0. The average molecular weight is 403 g/mol. The molecule has 2 aromatic rings. The maximum absolute atomic E-state index is 11.6. The molecule has 1 fully saturated rings. The number of hydrogen-bond acceptors (Lipinski definition) is 5. The van der Waals surface area contributed by atoms with Crippen molar-refractivity contribution in [2.45, 2.75) is 37.6 Å². The summed E-state index contributed by atoms with van der Waals surface area (Å²) < 4.78 is 5.38. The second kappa shape index (κ2) is 9.68. The SMILES string of the molecule is O=C1NC=NC1CC(O)c1ccc(C#Cc2ccc(CN[C@@H]3CCOC3)cc2)cc1. The minimum atomic E-state index is -0.741. The molecule has 1 amide bonds. The normalized spacial score (nSPS) is 21.2. The van der Waals surface area contributed by atoms with Gasteiger partial charge in [0.2, 0.25) is 5.91 Å². The van der Waals surface area contributed by atoms with Gasteiger partial charge in [-0.1, -0.05) is 36.1 Å². The van der Waals surface area contributed by atoms with Crippen LogP contribution in [0.3, 0.4) is 0 Å². The van der Waals surface area contributed by atoms with Gasteiger partial charge in [-0.15, -0.1) is 0 Å². The smallest absolute Gasteiger partial charge is 0.250 e. The average Bonchev–Trinajstić information content (AvgIpc) is 3.44. The Morgan fingerprint density at radius 1 is 1.13 bits per heavy atom. The summed E-state index contributed by atoms with van der Waals surface area (Å²) in [6.07, 6.45) is 1.98. The molecular weight excluding hydrogens is 378 g/mol. The zero-order valence-corrected chi connectivity index (χ0v) is 16.7. The first kappa shape index (κ1) is 20.3. The van der Waals surface area contributed by atoms with Crippen molar-refractivity contribution in [2.75, 3.05) is 13.2 Å². The summed E-state index contributed by atoms with van der Waals surface area (Å²) in [5.41, 5.74) is 3.80. The van der Waals surface area contributed by atoms with Crippen LogP contribution in [-0.2, 0) is 16.1 Å². The second-order valence-electron chi connectivity index (χ2n) is 7.56. The maximum atomic E-state index is 11.6. The summed E-state index contributed by atoms with van der Waals surface area (Å²) in [6.45, 7) is 2.47. The van der Waals surface area contributed by atoms with Gasteiger partial charge in [-0.2, -0.15) is 0 Å². The van der Waals surface area contributed by atoms with Crippen molar-refractivity contribution in [1.29, 1.82) is 0 Å². The van der Waals surface area contributed by atoms with Gasteiger partial charge in [-0.25, -0.2) is 0 Å². The van der Waals surface area contributed by atoms with E-state index in [1.165, 1.54) is 11.9 Å². The van der Waals surface area contributed by atoms with Gasteiger partial charge in [0.1, 0.15) is 6.04 Å². The molecule has 154 valence electrons. The molecule has 2 aliphatic heterocycles. The van der Waals surface area contributed by atoms with Crippen LogP contribution in [-0.4, -0.2) is 42.6 Å². The number of aliphatic hydroxyl groups excluding tert-OH is 1. The van der Waals surface area contributed by atoms with Crippen LogP contribution in [0.1, 0.15) is 41.2 Å². The van der Waals surface area contributed by atoms with E-state index in [1.54, 1.807) is 0 Å². The molecule has 4 rings (SSSR count). The summed E-state index contributed by atoms with van der Waals surface area (Å²) in [7, 11) is 0. The number of nitrogens with one attached hydrogen (secondary N) is 2. The van der Waals surface area contributed by atoms with Crippen molar-refractivity contribution < 1.29 is 14.6 Å². The Labute approximate surface area is 176 Å². The van der Waals surface area contributed by atoms with E-state index >= 15 is 0 Å². The number of aliphatic imine (C=N–C) groups is 1. The van der Waals surface area contributed by atoms with Crippen molar-refractivity contribution >= 4 is 12.2 Å². The van der Waals surface area contributed by atoms with Gasteiger partial charge < -0.3 is 20.5 Å². The van der Waals surface area contributed by atoms with Crippen LogP contribution in [0.15, 0.2) is 53.5 Å². The van der Waals surface area contributed by atoms with Crippen LogP contribution in [0.4, 0.5) is 0 Å². The third kappa shape index (κ3) is 5.33. The second-order valence-corrected chi connectivity index (χ2v) is 7.56. The van der Waals surface area contributed by atoms with Crippen molar-refractivity contribution in [1.82, 2.24) is 10.6 Å². The van der Waals surface area contributed by atoms with Crippen LogP contribution in [0, 0.1) is 11.8 Å². The van der Waals surface area contributed by atoms with E-state index in [-0.39, 0.29) is 12.3 Å². The summed E-state index contributed by atoms with van der Waals surface area (Å²) in [6, 6.07) is 15.6. The highest BCUT2D eigenvalue weighted by Gasteiger charge is 2.24. The molecule has 0 aromatic heterocycles. The van der Waals surface area contributed by atoms with E-state index in [1.807, 2.05) is 36.4 Å². The van der Waals surface area contributed by atoms with E-state index < -0.39 is 12.1 Å². The lowest BCUT2D eigenvalue weighted by molar-refractivity contribution is -0.120. The lowest BCUT2D eigenvalue weighted by Gasteiger charge is -2.13. The Bertz CT molecular complexity index is 952. The van der Waals surface area contributed by atoms with E-state index in [4.69, 9.17) is 4.74 Å². The van der Waals surface area contributed by atoms with Crippen molar-refractivity contribution in [3.8, 4) is 11.8 Å². The molecule has 30 heavy (non-hydrogen) atoms. The van der Waals surface area contributed by atoms with Crippen LogP contribution < -0.4 is 10.6 Å². The van der Waals surface area contributed by atoms with E-state index in [2.05, 4.69) is 39.6 Å². The first-order valence-corrected chi connectivity index (χ1v) is 10.2. The largest absolute Gasteiger partial charge is 0.388 e. The fraction of sp³-hybridized carbons (Fsp3) is 0.333. The molecule has 2 heterocycles. The lowest BCUT2D eigenvalue weighted by Crippen LogP contribution is -2.28. The van der Waals surface area contributed by atoms with E-state index in [0.717, 1.165) is 42.9 Å². The molecule has 3 atom stereocenters. The van der Waals surface area contributed by atoms with Crippen LogP contribution in [0.2, 0.25) is 0 Å². The van der Waals surface area contributed by atoms with Gasteiger partial charge in [-0.3, -0.25) is 9.79 Å². The standard InChI is InChI=1S/C24H25N3O3/c28-23(13-22-24(29)27-16-26-22)20-9-7-18(8-10-20)2-1-17-3-5-19(6-4-17)14-25-21-11-12-30-15-21/h3-10,16,21-23,25,28H,11-15H2,(H,26,27,29)/t21-,22?,23?/m1/s1. The first-order chi connectivity index (χ1) is 14.7. The monoisotopic (exact) mass is 403 g/mol. The van der Waals surface area contributed by atoms with Gasteiger partial charge in [0, 0.05) is 36.7 Å². The van der Waals surface area contributed by atoms with E-state index in [0.29, 0.717) is 6.04 Å². The topological polar surface area (TPSA) is 83.0 Å². The zero-order valence-electron chi connectivity index (χ0n) is 16.7. The fourth-order valence-corrected chi connectivity index (χ4v) is 3.47. The Morgan fingerprint density at radius 3 is 2.43 bits per heavy atom. The summed E-state index contributed by atoms with van der Waals surface area (Å²) in [4.78, 5) is 15.6. The Balaban J connectivity index is 1.31. The fourth-order valence-electron chi connectivity index (χ4n) is 3.47. The van der Waals surface area contributed by atoms with Crippen molar-refractivity contribution in [2.24, 2.45) is 4.99 Å². The highest BCUT2D eigenvalue weighted by molar-refractivity contribution is 5.96. The predicted molar refractivity (Wildman–Crippen MR) is 115 cm³/mol. The first-order valence-electron chi connectivity index (χ1n) is 10.2. The van der Waals surface area contributed by atoms with Crippen molar-refractivity contribution in [3.05, 3.63) is 70.8 Å². The highest BCUT2D eigenvalue weighted by atomic mass is 16.5. The maximum Gasteiger partial charge on any atom is 0.250 e. The highest BCUT2D eigenvalue weighted by Crippen LogP contribution is 2.21. The Kier molecular flexibility index (Phi) is 6.55. The third-order valence-electron chi connectivity index (χ3n) is 5.34. The number of rotatable bonds is 6. The summed E-state index contributed by atoms with van der Waals surface area (Å²) in [5, 5.41) is 16.4. The minimum Gasteiger partial charge on any atom is -0.388 e. The quantitative estimate of drug-likeness (QED) is 0.644. The molecule has 2 aliphatic rings. The molecule has 2 unspecified atom stereocenters. The molecule has 0 saturated carbocycles. The van der Waals surface area contributed by atoms with Crippen LogP contribution in [0.25, 0.3) is 0 Å².